The Bertz CT molecular complexity index is 840. The Kier molecular flexibility index (Phi) is 5.32. The van der Waals surface area contributed by atoms with Gasteiger partial charge in [0.1, 0.15) is 11.5 Å². The molecule has 2 aromatic rings. The molecule has 0 fully saturated rings. The van der Waals surface area contributed by atoms with E-state index in [1.165, 1.54) is 11.9 Å². The van der Waals surface area contributed by atoms with Crippen LogP contribution in [-0.2, 0) is 9.59 Å². The van der Waals surface area contributed by atoms with Crippen LogP contribution in [0.5, 0.6) is 11.5 Å². The number of halogens is 1. The summed E-state index contributed by atoms with van der Waals surface area (Å²) >= 11 is 6.00. The van der Waals surface area contributed by atoms with Crippen molar-refractivity contribution in [2.75, 3.05) is 25.1 Å². The summed E-state index contributed by atoms with van der Waals surface area (Å²) in [6.45, 7) is 1.83. The first-order chi connectivity index (χ1) is 12.5. The molecular formula is C19H19ClN2O4. The van der Waals surface area contributed by atoms with Gasteiger partial charge in [0.2, 0.25) is 0 Å². The maximum Gasteiger partial charge on any atom is 0.265 e. The predicted molar refractivity (Wildman–Crippen MR) is 99.0 cm³/mol. The van der Waals surface area contributed by atoms with Crippen molar-refractivity contribution >= 4 is 29.1 Å². The fraction of sp³-hybridized carbons (Fsp3) is 0.263. The Morgan fingerprint density at radius 1 is 1.31 bits per heavy atom. The molecule has 0 bridgehead atoms. The second kappa shape index (κ2) is 7.66. The third-order valence-electron chi connectivity index (χ3n) is 4.11. The lowest BCUT2D eigenvalue weighted by molar-refractivity contribution is -0.128. The number of rotatable bonds is 4. The van der Waals surface area contributed by atoms with Gasteiger partial charge in [0, 0.05) is 12.1 Å². The monoisotopic (exact) mass is 374 g/mol. The molecule has 136 valence electrons. The van der Waals surface area contributed by atoms with Crippen LogP contribution in [-0.4, -0.2) is 38.1 Å². The molecule has 7 heteroatoms. The lowest BCUT2D eigenvalue weighted by Crippen LogP contribution is -2.51. The first kappa shape index (κ1) is 18.1. The van der Waals surface area contributed by atoms with Crippen LogP contribution in [0.2, 0.25) is 5.02 Å². The number of benzene rings is 2. The number of aryl methyl sites for hydroxylation is 1. The normalized spacial score (nSPS) is 15.7. The van der Waals surface area contributed by atoms with Gasteiger partial charge in [-0.15, -0.1) is 0 Å². The molecule has 1 atom stereocenters. The summed E-state index contributed by atoms with van der Waals surface area (Å²) < 4.78 is 11.3. The van der Waals surface area contributed by atoms with Gasteiger partial charge >= 0.3 is 0 Å². The van der Waals surface area contributed by atoms with Crippen molar-refractivity contribution in [2.45, 2.75) is 13.0 Å². The van der Waals surface area contributed by atoms with Crippen molar-refractivity contribution in [2.24, 2.45) is 0 Å². The predicted octanol–water partition coefficient (Wildman–Crippen LogP) is 2.57. The van der Waals surface area contributed by atoms with Crippen molar-refractivity contribution in [1.82, 2.24) is 5.32 Å². The molecule has 0 saturated heterocycles. The van der Waals surface area contributed by atoms with E-state index < -0.39 is 6.10 Å². The Hall–Kier alpha value is -2.73. The van der Waals surface area contributed by atoms with Gasteiger partial charge in [-0.05, 0) is 42.8 Å². The number of hydrogen-bond donors (Lipinski definition) is 1. The molecule has 6 nitrogen and oxygen atoms in total. The van der Waals surface area contributed by atoms with E-state index in [4.69, 9.17) is 21.1 Å². The summed E-state index contributed by atoms with van der Waals surface area (Å²) in [7, 11) is 1.53. The average molecular weight is 375 g/mol. The number of carbonyl (C=O) groups is 2. The van der Waals surface area contributed by atoms with Crippen LogP contribution >= 0.6 is 11.6 Å². The lowest BCUT2D eigenvalue weighted by atomic mass is 10.1. The molecule has 1 aliphatic heterocycles. The summed E-state index contributed by atoms with van der Waals surface area (Å²) in [5.41, 5.74) is 1.49. The molecule has 1 heterocycles. The van der Waals surface area contributed by atoms with Gasteiger partial charge < -0.3 is 19.7 Å². The highest BCUT2D eigenvalue weighted by molar-refractivity contribution is 6.31. The van der Waals surface area contributed by atoms with Crippen LogP contribution < -0.4 is 19.7 Å². The summed E-state index contributed by atoms with van der Waals surface area (Å²) in [4.78, 5) is 26.2. The molecule has 26 heavy (non-hydrogen) atoms. The van der Waals surface area contributed by atoms with E-state index in [-0.39, 0.29) is 25.0 Å². The van der Waals surface area contributed by atoms with E-state index in [1.807, 2.05) is 13.0 Å². The highest BCUT2D eigenvalue weighted by Crippen LogP contribution is 2.33. The molecule has 3 rings (SSSR count). The number of para-hydroxylation sites is 2. The largest absolute Gasteiger partial charge is 0.484 e. The Morgan fingerprint density at radius 3 is 2.81 bits per heavy atom. The van der Waals surface area contributed by atoms with Crippen molar-refractivity contribution in [3.8, 4) is 11.5 Å². The SMILES string of the molecule is CNC(=O)[C@H]1CN(C(=O)COc2ccc(Cl)c(C)c2)c2ccccc2O1. The third-order valence-corrected chi connectivity index (χ3v) is 4.53. The van der Waals surface area contributed by atoms with Gasteiger partial charge in [0.25, 0.3) is 11.8 Å². The van der Waals surface area contributed by atoms with Crippen molar-refractivity contribution < 1.29 is 19.1 Å². The van der Waals surface area contributed by atoms with Crippen molar-refractivity contribution in [1.29, 1.82) is 0 Å². The Labute approximate surface area is 156 Å². The molecule has 0 radical (unpaired) electrons. The van der Waals surface area contributed by atoms with Gasteiger partial charge in [-0.25, -0.2) is 0 Å². The Balaban J connectivity index is 1.76. The highest BCUT2D eigenvalue weighted by atomic mass is 35.5. The molecule has 0 unspecified atom stereocenters. The van der Waals surface area contributed by atoms with E-state index in [0.29, 0.717) is 22.2 Å². The topological polar surface area (TPSA) is 67.9 Å². The van der Waals surface area contributed by atoms with Gasteiger partial charge in [0.05, 0.1) is 12.2 Å². The van der Waals surface area contributed by atoms with E-state index in [1.54, 1.807) is 36.4 Å². The zero-order valence-corrected chi connectivity index (χ0v) is 15.2. The van der Waals surface area contributed by atoms with E-state index >= 15 is 0 Å². The van der Waals surface area contributed by atoms with Crippen LogP contribution in [0.15, 0.2) is 42.5 Å². The third kappa shape index (κ3) is 3.75. The number of nitrogens with one attached hydrogen (secondary N) is 1. The zero-order chi connectivity index (χ0) is 18.7. The van der Waals surface area contributed by atoms with Crippen LogP contribution in [0.25, 0.3) is 0 Å². The fourth-order valence-corrected chi connectivity index (χ4v) is 2.82. The lowest BCUT2D eigenvalue weighted by Gasteiger charge is -2.33. The standard InChI is InChI=1S/C19H19ClN2O4/c1-12-9-13(7-8-14(12)20)25-11-18(23)22-10-17(19(24)21-2)26-16-6-4-3-5-15(16)22/h3-9,17H,10-11H2,1-2H3,(H,21,24)/t17-/m1/s1. The summed E-state index contributed by atoms with van der Waals surface area (Å²) in [6, 6.07) is 12.3. The Morgan fingerprint density at radius 2 is 2.08 bits per heavy atom. The number of likely N-dealkylation sites (N-methyl/N-ethyl adjacent to an activating group) is 1. The number of carbonyl (C=O) groups excluding carboxylic acids is 2. The zero-order valence-electron chi connectivity index (χ0n) is 14.5. The fourth-order valence-electron chi connectivity index (χ4n) is 2.70. The second-order valence-corrected chi connectivity index (χ2v) is 6.30. The van der Waals surface area contributed by atoms with Gasteiger partial charge in [-0.2, -0.15) is 0 Å². The second-order valence-electron chi connectivity index (χ2n) is 5.89. The average Bonchev–Trinajstić information content (AvgIpc) is 2.67. The molecule has 0 aromatic heterocycles. The maximum absolute atomic E-state index is 12.7. The smallest absolute Gasteiger partial charge is 0.265 e. The van der Waals surface area contributed by atoms with Crippen LogP contribution in [0.1, 0.15) is 5.56 Å². The molecule has 1 N–H and O–H groups in total. The molecule has 2 amide bonds. The maximum atomic E-state index is 12.7. The number of anilines is 1. The van der Waals surface area contributed by atoms with E-state index in [2.05, 4.69) is 5.32 Å². The number of amides is 2. The molecular weight excluding hydrogens is 356 g/mol. The van der Waals surface area contributed by atoms with Gasteiger partial charge in [0.15, 0.2) is 12.7 Å². The summed E-state index contributed by atoms with van der Waals surface area (Å²) in [6.07, 6.45) is -0.767. The quantitative estimate of drug-likeness (QED) is 0.893. The minimum atomic E-state index is -0.767. The number of hydrogen-bond acceptors (Lipinski definition) is 4. The molecule has 0 aliphatic carbocycles. The molecule has 1 aliphatic rings. The van der Waals surface area contributed by atoms with E-state index in [0.717, 1.165) is 5.56 Å². The molecule has 0 saturated carbocycles. The van der Waals surface area contributed by atoms with Crippen molar-refractivity contribution in [3.63, 3.8) is 0 Å². The van der Waals surface area contributed by atoms with E-state index in [9.17, 15) is 9.59 Å². The first-order valence-electron chi connectivity index (χ1n) is 8.16. The number of nitrogens with zero attached hydrogens (tertiary/aromatic N) is 1. The van der Waals surface area contributed by atoms with Crippen LogP contribution in [0, 0.1) is 6.92 Å². The van der Waals surface area contributed by atoms with Gasteiger partial charge in [-0.1, -0.05) is 23.7 Å². The minimum Gasteiger partial charge on any atom is -0.484 e. The molecule has 2 aromatic carbocycles. The van der Waals surface area contributed by atoms with Crippen molar-refractivity contribution in [3.05, 3.63) is 53.1 Å². The minimum absolute atomic E-state index is 0.124. The first-order valence-corrected chi connectivity index (χ1v) is 8.54. The van der Waals surface area contributed by atoms with Gasteiger partial charge in [-0.3, -0.25) is 9.59 Å². The van der Waals surface area contributed by atoms with Crippen LogP contribution in [0.4, 0.5) is 5.69 Å². The van der Waals surface area contributed by atoms with Crippen LogP contribution in [0.3, 0.4) is 0 Å². The molecule has 0 spiro atoms. The number of fused-ring (bicyclic) bond motifs is 1. The number of ether oxygens (including phenoxy) is 2. The summed E-state index contributed by atoms with van der Waals surface area (Å²) in [5.74, 6) is 0.501. The highest BCUT2D eigenvalue weighted by Gasteiger charge is 2.33. The summed E-state index contributed by atoms with van der Waals surface area (Å²) in [5, 5.41) is 3.19.